The summed E-state index contributed by atoms with van der Waals surface area (Å²) < 4.78 is 5.37. The van der Waals surface area contributed by atoms with Crippen LogP contribution in [0.1, 0.15) is 19.4 Å². The number of ether oxygens (including phenoxy) is 1. The second-order valence-corrected chi connectivity index (χ2v) is 3.34. The van der Waals surface area contributed by atoms with Gasteiger partial charge in [0.15, 0.2) is 5.72 Å². The highest BCUT2D eigenvalue weighted by Gasteiger charge is 2.11. The Morgan fingerprint density at radius 2 is 1.85 bits per heavy atom. The lowest BCUT2D eigenvalue weighted by Crippen LogP contribution is -2.38. The van der Waals surface area contributed by atoms with Crippen LogP contribution >= 0.6 is 0 Å². The van der Waals surface area contributed by atoms with Crippen molar-refractivity contribution in [1.82, 2.24) is 0 Å². The van der Waals surface area contributed by atoms with Crippen LogP contribution < -0.4 is 10.5 Å². The Bertz CT molecular complexity index is 316. The molecule has 0 saturated carbocycles. The Morgan fingerprint density at radius 3 is 2.23 bits per heavy atom. The zero-order valence-corrected chi connectivity index (χ0v) is 7.74. The summed E-state index contributed by atoms with van der Waals surface area (Å²) in [6.45, 7) is 3.54. The Hall–Kier alpha value is -1.53. The second kappa shape index (κ2) is 3.46. The minimum absolute atomic E-state index is 0.613. The van der Waals surface area contributed by atoms with Gasteiger partial charge in [0.2, 0.25) is 0 Å². The number of nitriles is 1. The molecule has 0 unspecified atom stereocenters. The van der Waals surface area contributed by atoms with Gasteiger partial charge in [0.25, 0.3) is 0 Å². The van der Waals surface area contributed by atoms with Gasteiger partial charge in [-0.1, -0.05) is 0 Å². The molecule has 0 heterocycles. The van der Waals surface area contributed by atoms with E-state index in [1.54, 1.807) is 38.1 Å². The van der Waals surface area contributed by atoms with Crippen molar-refractivity contribution < 1.29 is 4.74 Å². The van der Waals surface area contributed by atoms with E-state index in [9.17, 15) is 0 Å². The van der Waals surface area contributed by atoms with Crippen molar-refractivity contribution in [3.63, 3.8) is 0 Å². The Balaban J connectivity index is 2.77. The van der Waals surface area contributed by atoms with Crippen LogP contribution in [-0.2, 0) is 0 Å². The molecule has 0 spiro atoms. The van der Waals surface area contributed by atoms with Gasteiger partial charge in [-0.05, 0) is 38.1 Å². The maximum absolute atomic E-state index is 8.55. The van der Waals surface area contributed by atoms with Crippen molar-refractivity contribution in [2.45, 2.75) is 19.6 Å². The fraction of sp³-hybridized carbons (Fsp3) is 0.300. The van der Waals surface area contributed by atoms with Crippen LogP contribution in [-0.4, -0.2) is 5.72 Å². The third-order valence-electron chi connectivity index (χ3n) is 1.36. The standard InChI is InChI=1S/C10H12N2O/c1-10(2,12)13-9-5-3-8(7-11)4-6-9/h3-6H,12H2,1-2H3. The van der Waals surface area contributed by atoms with Crippen molar-refractivity contribution >= 4 is 0 Å². The summed E-state index contributed by atoms with van der Waals surface area (Å²) in [4.78, 5) is 0. The van der Waals surface area contributed by atoms with Gasteiger partial charge >= 0.3 is 0 Å². The second-order valence-electron chi connectivity index (χ2n) is 3.34. The third-order valence-corrected chi connectivity index (χ3v) is 1.36. The summed E-state index contributed by atoms with van der Waals surface area (Å²) in [5, 5.41) is 8.55. The summed E-state index contributed by atoms with van der Waals surface area (Å²) in [5.74, 6) is 0.673. The molecule has 0 aliphatic heterocycles. The fourth-order valence-corrected chi connectivity index (χ4v) is 0.901. The number of benzene rings is 1. The van der Waals surface area contributed by atoms with Crippen molar-refractivity contribution in [3.05, 3.63) is 29.8 Å². The van der Waals surface area contributed by atoms with E-state index in [1.165, 1.54) is 0 Å². The normalized spacial score (nSPS) is 10.6. The Morgan fingerprint density at radius 1 is 1.31 bits per heavy atom. The van der Waals surface area contributed by atoms with Gasteiger partial charge in [0.1, 0.15) is 5.75 Å². The average molecular weight is 176 g/mol. The Kier molecular flexibility index (Phi) is 2.54. The van der Waals surface area contributed by atoms with E-state index in [1.807, 2.05) is 6.07 Å². The molecule has 2 N–H and O–H groups in total. The van der Waals surface area contributed by atoms with Gasteiger partial charge in [0, 0.05) is 0 Å². The van der Waals surface area contributed by atoms with E-state index in [0.29, 0.717) is 11.3 Å². The molecule has 0 amide bonds. The molecule has 0 radical (unpaired) electrons. The summed E-state index contributed by atoms with van der Waals surface area (Å²) in [7, 11) is 0. The van der Waals surface area contributed by atoms with Gasteiger partial charge in [0.05, 0.1) is 11.6 Å². The molecule has 0 saturated heterocycles. The number of hydrogen-bond donors (Lipinski definition) is 1. The van der Waals surface area contributed by atoms with E-state index >= 15 is 0 Å². The third kappa shape index (κ3) is 3.14. The minimum Gasteiger partial charge on any atom is -0.474 e. The van der Waals surface area contributed by atoms with Crippen LogP contribution in [0.4, 0.5) is 0 Å². The van der Waals surface area contributed by atoms with Crippen LogP contribution in [0.3, 0.4) is 0 Å². The molecule has 0 aromatic heterocycles. The van der Waals surface area contributed by atoms with Crippen molar-refractivity contribution in [2.75, 3.05) is 0 Å². The molecule has 3 nitrogen and oxygen atoms in total. The lowest BCUT2D eigenvalue weighted by atomic mass is 10.2. The van der Waals surface area contributed by atoms with E-state index in [4.69, 9.17) is 15.7 Å². The van der Waals surface area contributed by atoms with E-state index in [2.05, 4.69) is 0 Å². The maximum Gasteiger partial charge on any atom is 0.152 e. The zero-order valence-electron chi connectivity index (χ0n) is 7.74. The first-order valence-electron chi connectivity index (χ1n) is 3.99. The van der Waals surface area contributed by atoms with E-state index < -0.39 is 5.72 Å². The molecular weight excluding hydrogens is 164 g/mol. The quantitative estimate of drug-likeness (QED) is 0.697. The Labute approximate surface area is 77.7 Å². The first kappa shape index (κ1) is 9.56. The van der Waals surface area contributed by atoms with Crippen LogP contribution in [0.5, 0.6) is 5.75 Å². The molecule has 1 aromatic rings. The molecule has 0 atom stereocenters. The smallest absolute Gasteiger partial charge is 0.152 e. The largest absolute Gasteiger partial charge is 0.474 e. The van der Waals surface area contributed by atoms with Crippen molar-refractivity contribution in [1.29, 1.82) is 5.26 Å². The molecule has 13 heavy (non-hydrogen) atoms. The van der Waals surface area contributed by atoms with Crippen LogP contribution in [0, 0.1) is 11.3 Å². The SMILES string of the molecule is CC(C)(N)Oc1ccc(C#N)cc1. The highest BCUT2D eigenvalue weighted by atomic mass is 16.5. The summed E-state index contributed by atoms with van der Waals surface area (Å²) >= 11 is 0. The predicted octanol–water partition coefficient (Wildman–Crippen LogP) is 1.63. The number of nitrogens with two attached hydrogens (primary N) is 1. The van der Waals surface area contributed by atoms with E-state index in [0.717, 1.165) is 0 Å². The summed E-state index contributed by atoms with van der Waals surface area (Å²) in [5.41, 5.74) is 5.58. The number of rotatable bonds is 2. The topological polar surface area (TPSA) is 59.0 Å². The summed E-state index contributed by atoms with van der Waals surface area (Å²) in [6, 6.07) is 8.88. The highest BCUT2D eigenvalue weighted by Crippen LogP contribution is 2.15. The lowest BCUT2D eigenvalue weighted by Gasteiger charge is -2.20. The number of hydrogen-bond acceptors (Lipinski definition) is 3. The van der Waals surface area contributed by atoms with Crippen LogP contribution in [0.15, 0.2) is 24.3 Å². The van der Waals surface area contributed by atoms with Crippen LogP contribution in [0.25, 0.3) is 0 Å². The molecule has 1 rings (SSSR count). The molecule has 68 valence electrons. The van der Waals surface area contributed by atoms with Crippen LogP contribution in [0.2, 0.25) is 0 Å². The first-order valence-corrected chi connectivity index (χ1v) is 3.99. The predicted molar refractivity (Wildman–Crippen MR) is 50.1 cm³/mol. The molecule has 0 bridgehead atoms. The summed E-state index contributed by atoms with van der Waals surface area (Å²) in [6.07, 6.45) is 0. The molecule has 3 heteroatoms. The average Bonchev–Trinajstić information content (AvgIpc) is 2.03. The van der Waals surface area contributed by atoms with Gasteiger partial charge in [-0.15, -0.1) is 0 Å². The molecule has 1 aromatic carbocycles. The van der Waals surface area contributed by atoms with Gasteiger partial charge < -0.3 is 4.74 Å². The molecule has 0 fully saturated rings. The zero-order chi connectivity index (χ0) is 9.90. The number of nitrogens with zero attached hydrogens (tertiary/aromatic N) is 1. The molecule has 0 aliphatic rings. The fourth-order valence-electron chi connectivity index (χ4n) is 0.901. The van der Waals surface area contributed by atoms with E-state index in [-0.39, 0.29) is 0 Å². The highest BCUT2D eigenvalue weighted by molar-refractivity contribution is 5.34. The van der Waals surface area contributed by atoms with Gasteiger partial charge in [-0.2, -0.15) is 5.26 Å². The molecule has 0 aliphatic carbocycles. The minimum atomic E-state index is -0.686. The van der Waals surface area contributed by atoms with Gasteiger partial charge in [-0.25, -0.2) is 0 Å². The van der Waals surface area contributed by atoms with Crippen molar-refractivity contribution in [3.8, 4) is 11.8 Å². The maximum atomic E-state index is 8.55. The molecular formula is C10H12N2O. The van der Waals surface area contributed by atoms with Gasteiger partial charge in [-0.3, -0.25) is 5.73 Å². The monoisotopic (exact) mass is 176 g/mol. The van der Waals surface area contributed by atoms with Crippen molar-refractivity contribution in [2.24, 2.45) is 5.73 Å². The first-order chi connectivity index (χ1) is 6.01. The lowest BCUT2D eigenvalue weighted by molar-refractivity contribution is 0.117.